The van der Waals surface area contributed by atoms with Crippen molar-refractivity contribution in [2.45, 2.75) is 45.6 Å². The van der Waals surface area contributed by atoms with E-state index in [0.717, 1.165) is 25.7 Å². The lowest BCUT2D eigenvalue weighted by Crippen LogP contribution is -2.49. The van der Waals surface area contributed by atoms with E-state index in [1.54, 1.807) is 8.61 Å². The van der Waals surface area contributed by atoms with Crippen LogP contribution in [-0.4, -0.2) is 49.2 Å². The van der Waals surface area contributed by atoms with Gasteiger partial charge in [-0.05, 0) is 44.1 Å². The third-order valence-corrected chi connectivity index (χ3v) is 6.09. The van der Waals surface area contributed by atoms with Crippen molar-refractivity contribution < 1.29 is 8.42 Å². The van der Waals surface area contributed by atoms with Crippen LogP contribution in [0.25, 0.3) is 0 Å². The van der Waals surface area contributed by atoms with Gasteiger partial charge in [0.05, 0.1) is 0 Å². The van der Waals surface area contributed by atoms with Gasteiger partial charge in [-0.2, -0.15) is 17.0 Å². The predicted molar refractivity (Wildman–Crippen MR) is 76.8 cm³/mol. The highest BCUT2D eigenvalue weighted by Crippen LogP contribution is 2.32. The Kier molecular flexibility index (Phi) is 4.87. The summed E-state index contributed by atoms with van der Waals surface area (Å²) in [4.78, 5) is 0. The highest BCUT2D eigenvalue weighted by atomic mass is 32.2. The number of hydrogen-bond donors (Lipinski definition) is 1. The van der Waals surface area contributed by atoms with Crippen LogP contribution in [0.1, 0.15) is 39.5 Å². The van der Waals surface area contributed by atoms with Crippen molar-refractivity contribution in [3.8, 4) is 0 Å². The highest BCUT2D eigenvalue weighted by molar-refractivity contribution is 7.86. The summed E-state index contributed by atoms with van der Waals surface area (Å²) in [6.07, 6.45) is 3.84. The third-order valence-electron chi connectivity index (χ3n) is 4.03. The second-order valence-corrected chi connectivity index (χ2v) is 8.16. The van der Waals surface area contributed by atoms with Gasteiger partial charge in [-0.15, -0.1) is 0 Å². The summed E-state index contributed by atoms with van der Waals surface area (Å²) in [5, 5.41) is 0. The van der Waals surface area contributed by atoms with Crippen LogP contribution in [0, 0.1) is 11.8 Å². The van der Waals surface area contributed by atoms with Gasteiger partial charge in [0.15, 0.2) is 0 Å². The molecule has 2 fully saturated rings. The molecule has 0 aromatic carbocycles. The molecule has 1 saturated carbocycles. The lowest BCUT2D eigenvalue weighted by Gasteiger charge is -2.35. The maximum absolute atomic E-state index is 12.7. The van der Waals surface area contributed by atoms with Gasteiger partial charge in [-0.25, -0.2) is 0 Å². The van der Waals surface area contributed by atoms with E-state index in [4.69, 9.17) is 5.73 Å². The molecule has 0 aromatic rings. The zero-order valence-electron chi connectivity index (χ0n) is 12.1. The van der Waals surface area contributed by atoms with E-state index in [9.17, 15) is 8.42 Å². The Balaban J connectivity index is 2.03. The van der Waals surface area contributed by atoms with Gasteiger partial charge in [-0.3, -0.25) is 0 Å². The van der Waals surface area contributed by atoms with Crippen molar-refractivity contribution in [3.05, 3.63) is 0 Å². The van der Waals surface area contributed by atoms with E-state index in [1.807, 2.05) is 0 Å². The minimum Gasteiger partial charge on any atom is -0.330 e. The molecule has 2 N–H and O–H groups in total. The Morgan fingerprint density at radius 1 is 1.21 bits per heavy atom. The number of rotatable bonds is 6. The molecule has 0 amide bonds. The van der Waals surface area contributed by atoms with Crippen molar-refractivity contribution in [2.75, 3.05) is 26.2 Å². The SMILES string of the molecule is CC(C)CN(C1CC1)S(=O)(=O)N1CCC(CN)CC1. The zero-order valence-corrected chi connectivity index (χ0v) is 12.9. The monoisotopic (exact) mass is 289 g/mol. The first-order valence-electron chi connectivity index (χ1n) is 7.42. The van der Waals surface area contributed by atoms with Crippen LogP contribution >= 0.6 is 0 Å². The lowest BCUT2D eigenvalue weighted by molar-refractivity contribution is 0.249. The van der Waals surface area contributed by atoms with Crippen molar-refractivity contribution in [2.24, 2.45) is 17.6 Å². The standard InChI is InChI=1S/C13H27N3O2S/c1-11(2)10-16(13-3-4-13)19(17,18)15-7-5-12(9-14)6-8-15/h11-13H,3-10,14H2,1-2H3. The molecule has 0 unspecified atom stereocenters. The van der Waals surface area contributed by atoms with Crippen molar-refractivity contribution in [1.82, 2.24) is 8.61 Å². The quantitative estimate of drug-likeness (QED) is 0.794. The molecule has 5 nitrogen and oxygen atoms in total. The first-order valence-corrected chi connectivity index (χ1v) is 8.81. The summed E-state index contributed by atoms with van der Waals surface area (Å²) in [5.74, 6) is 0.864. The minimum atomic E-state index is -3.26. The summed E-state index contributed by atoms with van der Waals surface area (Å²) >= 11 is 0. The molecular formula is C13H27N3O2S. The van der Waals surface area contributed by atoms with Crippen molar-refractivity contribution in [3.63, 3.8) is 0 Å². The molecule has 1 aliphatic carbocycles. The summed E-state index contributed by atoms with van der Waals surface area (Å²) in [7, 11) is -3.26. The summed E-state index contributed by atoms with van der Waals surface area (Å²) in [5.41, 5.74) is 5.66. The molecule has 1 aliphatic heterocycles. The summed E-state index contributed by atoms with van der Waals surface area (Å²) < 4.78 is 28.8. The topological polar surface area (TPSA) is 66.6 Å². The predicted octanol–water partition coefficient (Wildman–Crippen LogP) is 1.02. The molecule has 2 aliphatic rings. The van der Waals surface area contributed by atoms with Crippen LogP contribution in [-0.2, 0) is 10.2 Å². The van der Waals surface area contributed by atoms with Gasteiger partial charge in [0.2, 0.25) is 0 Å². The number of nitrogens with two attached hydrogens (primary N) is 1. The maximum Gasteiger partial charge on any atom is 0.282 e. The molecule has 19 heavy (non-hydrogen) atoms. The van der Waals surface area contributed by atoms with Crippen LogP contribution in [0.4, 0.5) is 0 Å². The average Bonchev–Trinajstić information content (AvgIpc) is 3.20. The van der Waals surface area contributed by atoms with Gasteiger partial charge in [-0.1, -0.05) is 13.8 Å². The molecule has 0 spiro atoms. The normalized spacial score (nSPS) is 23.4. The van der Waals surface area contributed by atoms with Crippen molar-refractivity contribution in [1.29, 1.82) is 0 Å². The van der Waals surface area contributed by atoms with E-state index in [2.05, 4.69) is 13.8 Å². The average molecular weight is 289 g/mol. The highest BCUT2D eigenvalue weighted by Gasteiger charge is 2.41. The first kappa shape index (κ1) is 15.2. The van der Waals surface area contributed by atoms with E-state index in [-0.39, 0.29) is 6.04 Å². The first-order chi connectivity index (χ1) is 8.95. The Morgan fingerprint density at radius 3 is 2.21 bits per heavy atom. The molecule has 0 atom stereocenters. The zero-order chi connectivity index (χ0) is 14.0. The fourth-order valence-electron chi connectivity index (χ4n) is 2.68. The fraction of sp³-hybridized carbons (Fsp3) is 1.00. The molecule has 0 radical (unpaired) electrons. The van der Waals surface area contributed by atoms with E-state index in [1.165, 1.54) is 0 Å². The van der Waals surface area contributed by atoms with E-state index >= 15 is 0 Å². The van der Waals surface area contributed by atoms with Crippen LogP contribution in [0.5, 0.6) is 0 Å². The summed E-state index contributed by atoms with van der Waals surface area (Å²) in [6.45, 7) is 6.73. The molecular weight excluding hydrogens is 262 g/mol. The Labute approximate surface area is 117 Å². The molecule has 1 saturated heterocycles. The molecule has 1 heterocycles. The second-order valence-electron chi connectivity index (χ2n) is 6.28. The van der Waals surface area contributed by atoms with Crippen LogP contribution in [0.2, 0.25) is 0 Å². The van der Waals surface area contributed by atoms with Gasteiger partial charge < -0.3 is 5.73 Å². The number of piperidine rings is 1. The largest absolute Gasteiger partial charge is 0.330 e. The lowest BCUT2D eigenvalue weighted by atomic mass is 9.99. The van der Waals surface area contributed by atoms with Crippen molar-refractivity contribution >= 4 is 10.2 Å². The van der Waals surface area contributed by atoms with E-state index < -0.39 is 10.2 Å². The minimum absolute atomic E-state index is 0.250. The van der Waals surface area contributed by atoms with Crippen LogP contribution in [0.3, 0.4) is 0 Å². The van der Waals surface area contributed by atoms with Gasteiger partial charge in [0.25, 0.3) is 10.2 Å². The molecule has 6 heteroatoms. The maximum atomic E-state index is 12.7. The second kappa shape index (κ2) is 6.08. The molecule has 2 rings (SSSR count). The van der Waals surface area contributed by atoms with Gasteiger partial charge in [0.1, 0.15) is 0 Å². The van der Waals surface area contributed by atoms with Gasteiger partial charge in [0, 0.05) is 25.7 Å². The Hall–Kier alpha value is -0.170. The molecule has 112 valence electrons. The number of nitrogens with zero attached hydrogens (tertiary/aromatic N) is 2. The smallest absolute Gasteiger partial charge is 0.282 e. The van der Waals surface area contributed by atoms with Crippen LogP contribution < -0.4 is 5.73 Å². The Bertz CT molecular complexity index is 385. The Morgan fingerprint density at radius 2 is 1.79 bits per heavy atom. The molecule has 0 aromatic heterocycles. The fourth-order valence-corrected chi connectivity index (χ4v) is 4.72. The van der Waals surface area contributed by atoms with E-state index in [0.29, 0.717) is 38.0 Å². The molecule has 0 bridgehead atoms. The summed E-state index contributed by atoms with van der Waals surface area (Å²) in [6, 6.07) is 0.250. The van der Waals surface area contributed by atoms with Crippen LogP contribution in [0.15, 0.2) is 0 Å². The number of hydrogen-bond acceptors (Lipinski definition) is 3. The third kappa shape index (κ3) is 3.68. The van der Waals surface area contributed by atoms with Gasteiger partial charge >= 0.3 is 0 Å².